The summed E-state index contributed by atoms with van der Waals surface area (Å²) < 4.78 is 11.4. The Morgan fingerprint density at radius 3 is 2.72 bits per heavy atom. The quantitative estimate of drug-likeness (QED) is 0.890. The van der Waals surface area contributed by atoms with Gasteiger partial charge in [-0.1, -0.05) is 13.0 Å². The lowest BCUT2D eigenvalue weighted by atomic mass is 9.85. The van der Waals surface area contributed by atoms with Crippen LogP contribution in [-0.4, -0.2) is 26.3 Å². The summed E-state index contributed by atoms with van der Waals surface area (Å²) in [6.45, 7) is 2.30. The van der Waals surface area contributed by atoms with Crippen LogP contribution in [0.2, 0.25) is 0 Å². The van der Waals surface area contributed by atoms with Crippen LogP contribution < -0.4 is 14.8 Å². The maximum absolute atomic E-state index is 6.13. The van der Waals surface area contributed by atoms with Crippen molar-refractivity contribution < 1.29 is 9.47 Å². The second-order valence-electron chi connectivity index (χ2n) is 5.15. The lowest BCUT2D eigenvalue weighted by Crippen LogP contribution is -2.45. The van der Waals surface area contributed by atoms with Crippen LogP contribution in [0.3, 0.4) is 0 Å². The third-order valence-electron chi connectivity index (χ3n) is 3.75. The first-order valence-corrected chi connectivity index (χ1v) is 6.71. The van der Waals surface area contributed by atoms with Gasteiger partial charge in [0.25, 0.3) is 0 Å². The highest BCUT2D eigenvalue weighted by Gasteiger charge is 2.29. The molecule has 1 fully saturated rings. The van der Waals surface area contributed by atoms with E-state index in [-0.39, 0.29) is 6.10 Å². The first-order valence-electron chi connectivity index (χ1n) is 6.71. The van der Waals surface area contributed by atoms with E-state index in [1.165, 1.54) is 12.8 Å². The minimum Gasteiger partial charge on any atom is -0.497 e. The number of nitrogens with one attached hydrogen (secondary N) is 1. The number of hydrogen-bond acceptors (Lipinski definition) is 3. The predicted octanol–water partition coefficient (Wildman–Crippen LogP) is 2.85. The fourth-order valence-corrected chi connectivity index (χ4v) is 2.64. The van der Waals surface area contributed by atoms with Crippen LogP contribution in [0.25, 0.3) is 0 Å². The maximum Gasteiger partial charge on any atom is 0.123 e. The summed E-state index contributed by atoms with van der Waals surface area (Å²) in [5.41, 5.74) is 0. The average molecular weight is 249 g/mol. The first-order chi connectivity index (χ1) is 8.72. The zero-order chi connectivity index (χ0) is 13.0. The SMILES string of the molecule is CNC1CCC(C)CC1Oc1cccc(OC)c1. The molecule has 1 aromatic rings. The van der Waals surface area contributed by atoms with Crippen molar-refractivity contribution >= 4 is 0 Å². The largest absolute Gasteiger partial charge is 0.497 e. The third-order valence-corrected chi connectivity index (χ3v) is 3.75. The maximum atomic E-state index is 6.13. The smallest absolute Gasteiger partial charge is 0.123 e. The van der Waals surface area contributed by atoms with Gasteiger partial charge in [0.05, 0.1) is 7.11 Å². The van der Waals surface area contributed by atoms with E-state index in [1.807, 2.05) is 31.3 Å². The lowest BCUT2D eigenvalue weighted by molar-refractivity contribution is 0.0942. The van der Waals surface area contributed by atoms with Crippen LogP contribution in [0.4, 0.5) is 0 Å². The van der Waals surface area contributed by atoms with E-state index in [2.05, 4.69) is 12.2 Å². The molecule has 100 valence electrons. The summed E-state index contributed by atoms with van der Waals surface area (Å²) in [4.78, 5) is 0. The van der Waals surface area contributed by atoms with Gasteiger partial charge in [0.1, 0.15) is 17.6 Å². The molecule has 0 radical (unpaired) electrons. The molecule has 0 spiro atoms. The van der Waals surface area contributed by atoms with Gasteiger partial charge in [0.15, 0.2) is 0 Å². The van der Waals surface area contributed by atoms with Gasteiger partial charge in [-0.15, -0.1) is 0 Å². The van der Waals surface area contributed by atoms with Crippen molar-refractivity contribution in [2.45, 2.75) is 38.3 Å². The molecule has 3 heteroatoms. The van der Waals surface area contributed by atoms with Crippen molar-refractivity contribution in [3.05, 3.63) is 24.3 Å². The van der Waals surface area contributed by atoms with Crippen molar-refractivity contribution in [2.75, 3.05) is 14.2 Å². The molecule has 3 atom stereocenters. The van der Waals surface area contributed by atoms with Gasteiger partial charge in [-0.3, -0.25) is 0 Å². The van der Waals surface area contributed by atoms with Crippen LogP contribution in [-0.2, 0) is 0 Å². The van der Waals surface area contributed by atoms with Crippen LogP contribution in [0.5, 0.6) is 11.5 Å². The summed E-state index contributed by atoms with van der Waals surface area (Å²) in [6, 6.07) is 8.30. The Balaban J connectivity index is 2.05. The van der Waals surface area contributed by atoms with Crippen LogP contribution in [0, 0.1) is 5.92 Å². The molecule has 0 amide bonds. The summed E-state index contributed by atoms with van der Waals surface area (Å²) >= 11 is 0. The second kappa shape index (κ2) is 6.10. The van der Waals surface area contributed by atoms with E-state index < -0.39 is 0 Å². The lowest BCUT2D eigenvalue weighted by Gasteiger charge is -2.34. The van der Waals surface area contributed by atoms with Crippen molar-refractivity contribution in [1.29, 1.82) is 0 Å². The number of methoxy groups -OCH3 is 1. The molecule has 0 aromatic heterocycles. The van der Waals surface area contributed by atoms with Crippen LogP contribution in [0.1, 0.15) is 26.2 Å². The fourth-order valence-electron chi connectivity index (χ4n) is 2.64. The minimum atomic E-state index is 0.255. The normalized spacial score (nSPS) is 27.8. The molecule has 3 unspecified atom stereocenters. The highest BCUT2D eigenvalue weighted by Crippen LogP contribution is 2.29. The Kier molecular flexibility index (Phi) is 4.48. The van der Waals surface area contributed by atoms with E-state index in [0.29, 0.717) is 6.04 Å². The topological polar surface area (TPSA) is 30.5 Å². The summed E-state index contributed by atoms with van der Waals surface area (Å²) in [6.07, 6.45) is 3.84. The van der Waals surface area contributed by atoms with Gasteiger partial charge in [-0.05, 0) is 44.4 Å². The Morgan fingerprint density at radius 1 is 1.22 bits per heavy atom. The molecule has 1 aromatic carbocycles. The van der Waals surface area contributed by atoms with Gasteiger partial charge < -0.3 is 14.8 Å². The molecule has 1 saturated carbocycles. The van der Waals surface area contributed by atoms with Crippen molar-refractivity contribution in [1.82, 2.24) is 5.32 Å². The molecule has 3 nitrogen and oxygen atoms in total. The molecule has 0 aliphatic heterocycles. The highest BCUT2D eigenvalue weighted by atomic mass is 16.5. The highest BCUT2D eigenvalue weighted by molar-refractivity contribution is 5.33. The van der Waals surface area contributed by atoms with Crippen molar-refractivity contribution in [3.63, 3.8) is 0 Å². The Hall–Kier alpha value is -1.22. The van der Waals surface area contributed by atoms with Crippen molar-refractivity contribution in [2.24, 2.45) is 5.92 Å². The van der Waals surface area contributed by atoms with Gasteiger partial charge in [0.2, 0.25) is 0 Å². The zero-order valence-electron chi connectivity index (χ0n) is 11.5. The van der Waals surface area contributed by atoms with Gasteiger partial charge in [-0.25, -0.2) is 0 Å². The molecule has 0 saturated heterocycles. The van der Waals surface area contributed by atoms with Crippen molar-refractivity contribution in [3.8, 4) is 11.5 Å². The standard InChI is InChI=1S/C15H23NO2/c1-11-7-8-14(16-2)15(9-11)18-13-6-4-5-12(10-13)17-3/h4-6,10-11,14-16H,7-9H2,1-3H3. The summed E-state index contributed by atoms with van der Waals surface area (Å²) in [7, 11) is 3.70. The van der Waals surface area contributed by atoms with E-state index in [9.17, 15) is 0 Å². The minimum absolute atomic E-state index is 0.255. The van der Waals surface area contributed by atoms with E-state index >= 15 is 0 Å². The third kappa shape index (κ3) is 3.16. The monoisotopic (exact) mass is 249 g/mol. The second-order valence-corrected chi connectivity index (χ2v) is 5.15. The summed E-state index contributed by atoms with van der Waals surface area (Å²) in [5.74, 6) is 2.48. The van der Waals surface area contributed by atoms with E-state index in [4.69, 9.17) is 9.47 Å². The molecule has 0 heterocycles. The predicted molar refractivity (Wildman–Crippen MR) is 73.3 cm³/mol. The van der Waals surface area contributed by atoms with E-state index in [0.717, 1.165) is 23.8 Å². The first kappa shape index (κ1) is 13.2. The number of rotatable bonds is 4. The van der Waals surface area contributed by atoms with Crippen LogP contribution >= 0.6 is 0 Å². The van der Waals surface area contributed by atoms with Gasteiger partial charge >= 0.3 is 0 Å². The zero-order valence-corrected chi connectivity index (χ0v) is 11.5. The molecule has 1 N–H and O–H groups in total. The molecule has 18 heavy (non-hydrogen) atoms. The number of likely N-dealkylation sites (N-methyl/N-ethyl adjacent to an activating group) is 1. The molecular formula is C15H23NO2. The Bertz CT molecular complexity index is 381. The van der Waals surface area contributed by atoms with Gasteiger partial charge in [0, 0.05) is 12.1 Å². The Labute approximate surface area is 109 Å². The molecule has 0 bridgehead atoms. The fraction of sp³-hybridized carbons (Fsp3) is 0.600. The molecule has 2 rings (SSSR count). The summed E-state index contributed by atoms with van der Waals surface area (Å²) in [5, 5.41) is 3.37. The number of hydrogen-bond donors (Lipinski definition) is 1. The molecule has 1 aliphatic rings. The molecule has 1 aliphatic carbocycles. The average Bonchev–Trinajstić information content (AvgIpc) is 2.39. The van der Waals surface area contributed by atoms with Gasteiger partial charge in [-0.2, -0.15) is 0 Å². The number of ether oxygens (including phenoxy) is 2. The van der Waals surface area contributed by atoms with Crippen LogP contribution in [0.15, 0.2) is 24.3 Å². The van der Waals surface area contributed by atoms with E-state index in [1.54, 1.807) is 7.11 Å². The number of benzene rings is 1. The molecular weight excluding hydrogens is 226 g/mol. The Morgan fingerprint density at radius 2 is 2.00 bits per heavy atom.